The number of aromatic nitrogens is 1. The van der Waals surface area contributed by atoms with Crippen LogP contribution >= 0.6 is 23.1 Å². The number of imide groups is 1. The Morgan fingerprint density at radius 1 is 0.909 bits per heavy atom. The topological polar surface area (TPSA) is 97.7 Å². The SMILES string of the molecule is COc1ccc(N2C(=O)[C@H]3[C@H](c4ccc(C(C)(C)C)cc4)c4sc(=O)n(CC(=O)Nc5ccc(C)cc5)c4S[C@H]3C2=O)cc1. The van der Waals surface area contributed by atoms with Crippen LogP contribution in [0.5, 0.6) is 5.75 Å². The van der Waals surface area contributed by atoms with E-state index >= 15 is 0 Å². The van der Waals surface area contributed by atoms with Gasteiger partial charge in [0.05, 0.1) is 23.7 Å². The Balaban J connectivity index is 1.41. The van der Waals surface area contributed by atoms with E-state index in [0.29, 0.717) is 27.0 Å². The zero-order valence-electron chi connectivity index (χ0n) is 25.1. The first-order valence-corrected chi connectivity index (χ1v) is 16.0. The van der Waals surface area contributed by atoms with Crippen LogP contribution in [-0.2, 0) is 26.3 Å². The Morgan fingerprint density at radius 2 is 1.57 bits per heavy atom. The zero-order valence-corrected chi connectivity index (χ0v) is 26.8. The molecule has 0 spiro atoms. The molecule has 1 fully saturated rings. The summed E-state index contributed by atoms with van der Waals surface area (Å²) in [5.74, 6) is -1.62. The van der Waals surface area contributed by atoms with Gasteiger partial charge in [-0.2, -0.15) is 0 Å². The fraction of sp³-hybridized carbons (Fsp3) is 0.294. The first kappa shape index (κ1) is 29.9. The van der Waals surface area contributed by atoms with Crippen LogP contribution in [0.2, 0.25) is 0 Å². The van der Waals surface area contributed by atoms with Crippen LogP contribution in [0.4, 0.5) is 11.4 Å². The molecule has 1 N–H and O–H groups in total. The summed E-state index contributed by atoms with van der Waals surface area (Å²) in [5, 5.41) is 2.66. The number of rotatable bonds is 6. The fourth-order valence-corrected chi connectivity index (χ4v) is 8.54. The maximum absolute atomic E-state index is 14.1. The molecule has 0 aliphatic carbocycles. The molecule has 0 unspecified atom stereocenters. The second-order valence-electron chi connectivity index (χ2n) is 12.2. The molecular formula is C34H33N3O5S2. The number of aryl methyl sites for hydroxylation is 1. The summed E-state index contributed by atoms with van der Waals surface area (Å²) in [6.07, 6.45) is 0. The molecule has 3 atom stereocenters. The van der Waals surface area contributed by atoms with Crippen molar-refractivity contribution >= 4 is 52.2 Å². The number of anilines is 2. The van der Waals surface area contributed by atoms with Crippen LogP contribution in [0.1, 0.15) is 48.3 Å². The van der Waals surface area contributed by atoms with Gasteiger partial charge in [0.1, 0.15) is 17.5 Å². The average Bonchev–Trinajstić information content (AvgIpc) is 3.44. The summed E-state index contributed by atoms with van der Waals surface area (Å²) in [4.78, 5) is 56.3. The molecule has 1 saturated heterocycles. The highest BCUT2D eigenvalue weighted by molar-refractivity contribution is 8.00. The van der Waals surface area contributed by atoms with E-state index in [2.05, 4.69) is 26.1 Å². The Kier molecular flexibility index (Phi) is 7.75. The van der Waals surface area contributed by atoms with Crippen LogP contribution in [0.15, 0.2) is 82.6 Å². The third-order valence-corrected chi connectivity index (χ3v) is 10.8. The van der Waals surface area contributed by atoms with Crippen LogP contribution in [0, 0.1) is 12.8 Å². The number of hydrogen-bond acceptors (Lipinski definition) is 7. The molecule has 10 heteroatoms. The monoisotopic (exact) mass is 627 g/mol. The quantitative estimate of drug-likeness (QED) is 0.265. The summed E-state index contributed by atoms with van der Waals surface area (Å²) in [6, 6.07) is 22.3. The predicted molar refractivity (Wildman–Crippen MR) is 174 cm³/mol. The third-order valence-electron chi connectivity index (χ3n) is 8.15. The van der Waals surface area contributed by atoms with Crippen molar-refractivity contribution in [2.75, 3.05) is 17.3 Å². The molecule has 0 radical (unpaired) electrons. The summed E-state index contributed by atoms with van der Waals surface area (Å²) < 4.78 is 6.70. The van der Waals surface area contributed by atoms with Gasteiger partial charge in [-0.25, -0.2) is 4.90 Å². The maximum Gasteiger partial charge on any atom is 0.308 e. The van der Waals surface area contributed by atoms with Crippen molar-refractivity contribution in [3.63, 3.8) is 0 Å². The van der Waals surface area contributed by atoms with Crippen molar-refractivity contribution in [1.29, 1.82) is 0 Å². The lowest BCUT2D eigenvalue weighted by molar-refractivity contribution is -0.122. The third kappa shape index (κ3) is 5.37. The van der Waals surface area contributed by atoms with E-state index in [9.17, 15) is 19.2 Å². The van der Waals surface area contributed by atoms with Crippen molar-refractivity contribution in [3.8, 4) is 5.75 Å². The molecule has 8 nitrogen and oxygen atoms in total. The number of hydrogen-bond donors (Lipinski definition) is 1. The van der Waals surface area contributed by atoms with E-state index in [1.165, 1.54) is 21.2 Å². The van der Waals surface area contributed by atoms with Crippen molar-refractivity contribution in [3.05, 3.63) is 104 Å². The van der Waals surface area contributed by atoms with Gasteiger partial charge in [-0.1, -0.05) is 85.8 Å². The lowest BCUT2D eigenvalue weighted by Gasteiger charge is -2.31. The van der Waals surface area contributed by atoms with Gasteiger partial charge < -0.3 is 10.1 Å². The Hall–Kier alpha value is -4.15. The van der Waals surface area contributed by atoms with Crippen molar-refractivity contribution in [1.82, 2.24) is 4.57 Å². The number of nitrogens with zero attached hydrogens (tertiary/aromatic N) is 2. The molecular weight excluding hydrogens is 595 g/mol. The van der Waals surface area contributed by atoms with Gasteiger partial charge in [-0.15, -0.1) is 0 Å². The molecule has 44 heavy (non-hydrogen) atoms. The van der Waals surface area contributed by atoms with Gasteiger partial charge in [0.25, 0.3) is 0 Å². The zero-order chi connectivity index (χ0) is 31.3. The Labute approximate surface area is 264 Å². The second-order valence-corrected chi connectivity index (χ2v) is 14.3. The maximum atomic E-state index is 14.1. The molecule has 3 amide bonds. The van der Waals surface area contributed by atoms with Crippen LogP contribution in [0.25, 0.3) is 0 Å². The second kappa shape index (κ2) is 11.4. The predicted octanol–water partition coefficient (Wildman–Crippen LogP) is 5.96. The van der Waals surface area contributed by atoms with Gasteiger partial charge in [-0.3, -0.25) is 23.7 Å². The average molecular weight is 628 g/mol. The van der Waals surface area contributed by atoms with E-state index in [4.69, 9.17) is 4.74 Å². The van der Waals surface area contributed by atoms with E-state index in [1.807, 2.05) is 55.5 Å². The largest absolute Gasteiger partial charge is 0.497 e. The lowest BCUT2D eigenvalue weighted by atomic mass is 9.81. The number of thioether (sulfide) groups is 1. The first-order valence-electron chi connectivity index (χ1n) is 14.4. The van der Waals surface area contributed by atoms with Gasteiger partial charge >= 0.3 is 4.87 Å². The Bertz CT molecular complexity index is 1800. The molecule has 1 aromatic heterocycles. The molecule has 0 bridgehead atoms. The minimum absolute atomic E-state index is 0.0715. The number of benzene rings is 3. The standard InChI is InChI=1S/C34H33N3O5S2/c1-19-6-12-22(13-7-19)35-25(38)18-36-32-29(44-33(36)41)26(20-8-10-21(11-9-20)34(2,3)4)27-28(43-32)31(40)37(30(27)39)23-14-16-24(42-5)17-15-23/h6-17,26-28H,18H2,1-5H3,(H,35,38)/t26-,27-,28+/m0/s1. The minimum atomic E-state index is -0.759. The summed E-state index contributed by atoms with van der Waals surface area (Å²) >= 11 is 2.25. The van der Waals surface area contributed by atoms with Crippen molar-refractivity contribution < 1.29 is 19.1 Å². The number of nitrogens with one attached hydrogen (secondary N) is 1. The molecule has 2 aliphatic heterocycles. The van der Waals surface area contributed by atoms with E-state index in [-0.39, 0.29) is 34.6 Å². The van der Waals surface area contributed by atoms with Gasteiger partial charge in [0.15, 0.2) is 0 Å². The highest BCUT2D eigenvalue weighted by Crippen LogP contribution is 2.54. The number of carbonyl (C=O) groups is 3. The smallest absolute Gasteiger partial charge is 0.308 e. The number of amides is 3. The number of fused-ring (bicyclic) bond motifs is 2. The molecule has 3 aromatic carbocycles. The summed E-state index contributed by atoms with van der Waals surface area (Å²) in [6.45, 7) is 8.15. The number of methoxy groups -OCH3 is 1. The normalized spacial score (nSPS) is 19.5. The molecule has 0 saturated carbocycles. The molecule has 2 aliphatic rings. The molecule has 226 valence electrons. The van der Waals surface area contributed by atoms with E-state index in [1.54, 1.807) is 31.4 Å². The number of carbonyl (C=O) groups excluding carboxylic acids is 3. The summed E-state index contributed by atoms with van der Waals surface area (Å²) in [5.41, 5.74) is 4.08. The van der Waals surface area contributed by atoms with Crippen LogP contribution in [0.3, 0.4) is 0 Å². The summed E-state index contributed by atoms with van der Waals surface area (Å²) in [7, 11) is 1.56. The first-order chi connectivity index (χ1) is 21.0. The van der Waals surface area contributed by atoms with Gasteiger partial charge in [-0.05, 0) is 59.9 Å². The van der Waals surface area contributed by atoms with Crippen molar-refractivity contribution in [2.45, 2.75) is 55.8 Å². The van der Waals surface area contributed by atoms with Crippen LogP contribution in [-0.4, -0.2) is 34.6 Å². The lowest BCUT2D eigenvalue weighted by Crippen LogP contribution is -2.33. The molecule has 6 rings (SSSR count). The highest BCUT2D eigenvalue weighted by Gasteiger charge is 2.56. The van der Waals surface area contributed by atoms with E-state index in [0.717, 1.165) is 28.0 Å². The molecule has 4 aromatic rings. The van der Waals surface area contributed by atoms with Crippen molar-refractivity contribution in [2.24, 2.45) is 5.92 Å². The number of thiazole rings is 1. The fourth-order valence-electron chi connectivity index (χ4n) is 5.77. The van der Waals surface area contributed by atoms with Gasteiger partial charge in [0, 0.05) is 16.5 Å². The minimum Gasteiger partial charge on any atom is -0.497 e. The Morgan fingerprint density at radius 3 is 2.18 bits per heavy atom. The van der Waals surface area contributed by atoms with Crippen LogP contribution < -0.4 is 19.8 Å². The van der Waals surface area contributed by atoms with Gasteiger partial charge in [0.2, 0.25) is 17.7 Å². The van der Waals surface area contributed by atoms with E-state index < -0.39 is 17.1 Å². The number of ether oxygens (including phenoxy) is 1. The molecule has 3 heterocycles. The highest BCUT2D eigenvalue weighted by atomic mass is 32.2.